The van der Waals surface area contributed by atoms with Crippen LogP contribution in [0.1, 0.15) is 44.1 Å². The number of amides is 1. The molecule has 1 amide bonds. The molecule has 3 heterocycles. The Kier molecular flexibility index (Phi) is 4.04. The van der Waals surface area contributed by atoms with Gasteiger partial charge in [0, 0.05) is 29.1 Å². The van der Waals surface area contributed by atoms with E-state index in [2.05, 4.69) is 41.2 Å². The fraction of sp³-hybridized carbons (Fsp3) is 0.579. The molecule has 6 nitrogen and oxygen atoms in total. The summed E-state index contributed by atoms with van der Waals surface area (Å²) in [6, 6.07) is 8.60. The van der Waals surface area contributed by atoms with Crippen molar-refractivity contribution in [2.45, 2.75) is 57.3 Å². The van der Waals surface area contributed by atoms with Crippen LogP contribution in [0.5, 0.6) is 0 Å². The molecule has 2 aliphatic heterocycles. The quantitative estimate of drug-likeness (QED) is 0.879. The molecule has 0 radical (unpaired) electrons. The van der Waals surface area contributed by atoms with Gasteiger partial charge in [0.2, 0.25) is 0 Å². The van der Waals surface area contributed by atoms with E-state index < -0.39 is 0 Å². The number of morpholine rings is 1. The third kappa shape index (κ3) is 3.04. The molecule has 1 aromatic heterocycles. The molecule has 2 fully saturated rings. The van der Waals surface area contributed by atoms with Crippen molar-refractivity contribution in [3.8, 4) is 0 Å². The molecular weight excluding hydrogens is 316 g/mol. The highest BCUT2D eigenvalue weighted by Crippen LogP contribution is 2.34. The zero-order valence-electron chi connectivity index (χ0n) is 15.1. The van der Waals surface area contributed by atoms with Gasteiger partial charge in [-0.1, -0.05) is 18.2 Å². The minimum Gasteiger partial charge on any atom is -0.378 e. The largest absolute Gasteiger partial charge is 0.378 e. The van der Waals surface area contributed by atoms with E-state index in [1.165, 1.54) is 0 Å². The fourth-order valence-electron chi connectivity index (χ4n) is 4.52. The van der Waals surface area contributed by atoms with Crippen LogP contribution in [0.3, 0.4) is 0 Å². The first-order valence-corrected chi connectivity index (χ1v) is 9.03. The van der Waals surface area contributed by atoms with E-state index in [-0.39, 0.29) is 17.5 Å². The predicted octanol–water partition coefficient (Wildman–Crippen LogP) is 2.32. The van der Waals surface area contributed by atoms with Crippen molar-refractivity contribution in [2.24, 2.45) is 0 Å². The Morgan fingerprint density at radius 3 is 2.60 bits per heavy atom. The van der Waals surface area contributed by atoms with E-state index in [1.807, 2.05) is 24.3 Å². The van der Waals surface area contributed by atoms with Crippen LogP contribution in [0.4, 0.5) is 0 Å². The van der Waals surface area contributed by atoms with E-state index in [0.29, 0.717) is 17.8 Å². The maximum atomic E-state index is 12.7. The van der Waals surface area contributed by atoms with Crippen molar-refractivity contribution in [3.63, 3.8) is 0 Å². The number of aromatic nitrogens is 2. The number of para-hydroxylation sites is 1. The summed E-state index contributed by atoms with van der Waals surface area (Å²) in [5, 5.41) is 11.2. The highest BCUT2D eigenvalue weighted by atomic mass is 16.5. The average Bonchev–Trinajstić information content (AvgIpc) is 2.97. The molecule has 25 heavy (non-hydrogen) atoms. The van der Waals surface area contributed by atoms with Crippen LogP contribution >= 0.6 is 0 Å². The number of nitrogens with zero attached hydrogens (tertiary/aromatic N) is 2. The molecule has 2 saturated heterocycles. The van der Waals surface area contributed by atoms with Gasteiger partial charge in [-0.2, -0.15) is 5.10 Å². The maximum absolute atomic E-state index is 12.7. The number of benzene rings is 1. The molecule has 0 aliphatic carbocycles. The standard InChI is InChI=1S/C19H26N4O2/c1-19(2,3)23-13-8-12(9-14(23)11-25-10-13)20-18(24)17-15-6-4-5-7-16(15)21-22-17/h4-7,12-14H,8-11H2,1-3H3,(H,20,24)(H,21,22)/t12-,13-,14+. The summed E-state index contributed by atoms with van der Waals surface area (Å²) >= 11 is 0. The van der Waals surface area contributed by atoms with Crippen molar-refractivity contribution in [3.05, 3.63) is 30.0 Å². The Hall–Kier alpha value is -1.92. The summed E-state index contributed by atoms with van der Waals surface area (Å²) < 4.78 is 5.77. The van der Waals surface area contributed by atoms with Crippen LogP contribution in [0.25, 0.3) is 10.9 Å². The molecule has 2 aliphatic rings. The SMILES string of the molecule is CC(C)(C)N1[C@@H]2COC[C@H]1C[C@@H](NC(=O)c1n[nH]c3ccccc13)C2. The van der Waals surface area contributed by atoms with Crippen LogP contribution in [-0.4, -0.2) is 57.9 Å². The van der Waals surface area contributed by atoms with Crippen LogP contribution in [0.15, 0.2) is 24.3 Å². The van der Waals surface area contributed by atoms with E-state index in [9.17, 15) is 4.79 Å². The van der Waals surface area contributed by atoms with Crippen LogP contribution < -0.4 is 5.32 Å². The monoisotopic (exact) mass is 342 g/mol. The number of rotatable bonds is 2. The lowest BCUT2D eigenvalue weighted by Crippen LogP contribution is -2.65. The number of ether oxygens (including phenoxy) is 1. The third-order valence-electron chi connectivity index (χ3n) is 5.32. The Labute approximate surface area is 147 Å². The lowest BCUT2D eigenvalue weighted by atomic mass is 9.85. The number of H-pyrrole nitrogens is 1. The highest BCUT2D eigenvalue weighted by molar-refractivity contribution is 6.04. The van der Waals surface area contributed by atoms with Gasteiger partial charge in [-0.3, -0.25) is 14.8 Å². The molecule has 2 N–H and O–H groups in total. The first-order valence-electron chi connectivity index (χ1n) is 9.03. The highest BCUT2D eigenvalue weighted by Gasteiger charge is 2.44. The molecule has 0 spiro atoms. The predicted molar refractivity (Wildman–Crippen MR) is 96.6 cm³/mol. The first-order chi connectivity index (χ1) is 11.9. The van der Waals surface area contributed by atoms with Crippen molar-refractivity contribution in [1.29, 1.82) is 0 Å². The second kappa shape index (κ2) is 6.11. The topological polar surface area (TPSA) is 70.2 Å². The van der Waals surface area contributed by atoms with Crippen LogP contribution in [0.2, 0.25) is 0 Å². The molecule has 1 aromatic carbocycles. The zero-order chi connectivity index (χ0) is 17.6. The third-order valence-corrected chi connectivity index (χ3v) is 5.32. The minimum absolute atomic E-state index is 0.0920. The molecule has 134 valence electrons. The smallest absolute Gasteiger partial charge is 0.272 e. The number of piperidine rings is 1. The number of nitrogens with one attached hydrogen (secondary N) is 2. The summed E-state index contributed by atoms with van der Waals surface area (Å²) in [4.78, 5) is 15.3. The van der Waals surface area contributed by atoms with Gasteiger partial charge in [0.1, 0.15) is 0 Å². The van der Waals surface area contributed by atoms with Gasteiger partial charge >= 0.3 is 0 Å². The molecule has 0 unspecified atom stereocenters. The average molecular weight is 342 g/mol. The van der Waals surface area contributed by atoms with E-state index in [0.717, 1.165) is 37.0 Å². The number of hydrogen-bond acceptors (Lipinski definition) is 4. The number of carbonyl (C=O) groups excluding carboxylic acids is 1. The Balaban J connectivity index is 1.50. The summed E-state index contributed by atoms with van der Waals surface area (Å²) in [5.74, 6) is -0.0920. The summed E-state index contributed by atoms with van der Waals surface area (Å²) in [6.07, 6.45) is 1.84. The van der Waals surface area contributed by atoms with Crippen LogP contribution in [0, 0.1) is 0 Å². The number of carbonyl (C=O) groups is 1. The Morgan fingerprint density at radius 2 is 1.92 bits per heavy atom. The molecule has 4 rings (SSSR count). The normalized spacial score (nSPS) is 27.4. The van der Waals surface area contributed by atoms with Crippen molar-refractivity contribution < 1.29 is 9.53 Å². The molecule has 2 aromatic rings. The summed E-state index contributed by atoms with van der Waals surface area (Å²) in [5.41, 5.74) is 1.49. The number of fused-ring (bicyclic) bond motifs is 3. The minimum atomic E-state index is -0.0920. The lowest BCUT2D eigenvalue weighted by Gasteiger charge is -2.54. The molecule has 6 heteroatoms. The van der Waals surface area contributed by atoms with E-state index in [1.54, 1.807) is 0 Å². The lowest BCUT2D eigenvalue weighted by molar-refractivity contribution is -0.117. The van der Waals surface area contributed by atoms with Gasteiger partial charge in [0.25, 0.3) is 5.91 Å². The molecule has 0 saturated carbocycles. The van der Waals surface area contributed by atoms with Gasteiger partial charge in [-0.25, -0.2) is 0 Å². The molecule has 2 bridgehead atoms. The first kappa shape index (κ1) is 16.5. The summed E-state index contributed by atoms with van der Waals surface area (Å²) in [7, 11) is 0. The van der Waals surface area contributed by atoms with Gasteiger partial charge < -0.3 is 10.1 Å². The van der Waals surface area contributed by atoms with E-state index in [4.69, 9.17) is 4.74 Å². The second-order valence-electron chi connectivity index (χ2n) is 8.18. The zero-order valence-corrected chi connectivity index (χ0v) is 15.1. The van der Waals surface area contributed by atoms with Gasteiger partial charge in [0.15, 0.2) is 5.69 Å². The van der Waals surface area contributed by atoms with Crippen LogP contribution in [-0.2, 0) is 4.74 Å². The van der Waals surface area contributed by atoms with Gasteiger partial charge in [-0.05, 0) is 39.7 Å². The van der Waals surface area contributed by atoms with Crippen molar-refractivity contribution in [2.75, 3.05) is 13.2 Å². The van der Waals surface area contributed by atoms with E-state index >= 15 is 0 Å². The van der Waals surface area contributed by atoms with Gasteiger partial charge in [-0.15, -0.1) is 0 Å². The fourth-order valence-corrected chi connectivity index (χ4v) is 4.52. The number of hydrogen-bond donors (Lipinski definition) is 2. The molecule has 3 atom stereocenters. The van der Waals surface area contributed by atoms with Gasteiger partial charge in [0.05, 0.1) is 18.7 Å². The molecular formula is C19H26N4O2. The maximum Gasteiger partial charge on any atom is 0.272 e. The Morgan fingerprint density at radius 1 is 1.24 bits per heavy atom. The second-order valence-corrected chi connectivity index (χ2v) is 8.18. The Bertz CT molecular complexity index is 765. The van der Waals surface area contributed by atoms with Crippen molar-refractivity contribution in [1.82, 2.24) is 20.4 Å². The summed E-state index contributed by atoms with van der Waals surface area (Å²) in [6.45, 7) is 8.25. The van der Waals surface area contributed by atoms with Crippen molar-refractivity contribution >= 4 is 16.8 Å². The number of aromatic amines is 1.